The van der Waals surface area contributed by atoms with Gasteiger partial charge < -0.3 is 15.0 Å². The predicted octanol–water partition coefficient (Wildman–Crippen LogP) is 1.60. The van der Waals surface area contributed by atoms with Crippen LogP contribution in [0.3, 0.4) is 0 Å². The summed E-state index contributed by atoms with van der Waals surface area (Å²) in [6.07, 6.45) is 0.103. The number of carbonyl (C=O) groups excluding carboxylic acids is 1. The molecule has 0 spiro atoms. The Hall–Kier alpha value is -0.770. The van der Waals surface area contributed by atoms with E-state index in [1.807, 2.05) is 39.5 Å². The second-order valence-electron chi connectivity index (χ2n) is 5.17. The molecule has 0 radical (unpaired) electrons. The highest BCUT2D eigenvalue weighted by Crippen LogP contribution is 2.20. The SMILES string of the molecule is CC(C)NC(=O)N1CC(C)OC(C)(C)C1. The van der Waals surface area contributed by atoms with Crippen molar-refractivity contribution in [2.45, 2.75) is 52.4 Å². The molecule has 0 bridgehead atoms. The first-order valence-corrected chi connectivity index (χ1v) is 5.53. The van der Waals surface area contributed by atoms with Gasteiger partial charge in [-0.3, -0.25) is 0 Å². The molecule has 1 unspecified atom stereocenters. The van der Waals surface area contributed by atoms with E-state index in [1.54, 1.807) is 0 Å². The maximum Gasteiger partial charge on any atom is 0.317 e. The van der Waals surface area contributed by atoms with Crippen LogP contribution in [-0.2, 0) is 4.74 Å². The third-order valence-electron chi connectivity index (χ3n) is 2.27. The average Bonchev–Trinajstić information content (AvgIpc) is 1.98. The van der Waals surface area contributed by atoms with Crippen LogP contribution in [0, 0.1) is 0 Å². The maximum atomic E-state index is 11.8. The summed E-state index contributed by atoms with van der Waals surface area (Å²) in [5.74, 6) is 0. The average molecular weight is 214 g/mol. The molecular weight excluding hydrogens is 192 g/mol. The molecule has 0 aromatic rings. The van der Waals surface area contributed by atoms with E-state index >= 15 is 0 Å². The van der Waals surface area contributed by atoms with Crippen molar-refractivity contribution in [1.29, 1.82) is 0 Å². The number of hydrogen-bond donors (Lipinski definition) is 1. The zero-order valence-corrected chi connectivity index (χ0v) is 10.3. The largest absolute Gasteiger partial charge is 0.369 e. The number of carbonyl (C=O) groups is 1. The van der Waals surface area contributed by atoms with Gasteiger partial charge in [0.05, 0.1) is 18.2 Å². The van der Waals surface area contributed by atoms with Crippen LogP contribution in [0.2, 0.25) is 0 Å². The minimum Gasteiger partial charge on any atom is -0.369 e. The molecule has 15 heavy (non-hydrogen) atoms. The number of nitrogens with one attached hydrogen (secondary N) is 1. The molecule has 1 aliphatic rings. The first kappa shape index (κ1) is 12.3. The molecule has 1 atom stereocenters. The van der Waals surface area contributed by atoms with Gasteiger partial charge in [0.15, 0.2) is 0 Å². The Balaban J connectivity index is 2.58. The highest BCUT2D eigenvalue weighted by atomic mass is 16.5. The number of hydrogen-bond acceptors (Lipinski definition) is 2. The van der Waals surface area contributed by atoms with Gasteiger partial charge in [0.2, 0.25) is 0 Å². The van der Waals surface area contributed by atoms with Gasteiger partial charge in [0, 0.05) is 12.6 Å². The van der Waals surface area contributed by atoms with E-state index in [0.29, 0.717) is 13.1 Å². The van der Waals surface area contributed by atoms with E-state index < -0.39 is 0 Å². The minimum absolute atomic E-state index is 0.00762. The summed E-state index contributed by atoms with van der Waals surface area (Å²) >= 11 is 0. The Kier molecular flexibility index (Phi) is 3.60. The lowest BCUT2D eigenvalue weighted by molar-refractivity contribution is -0.117. The number of ether oxygens (including phenoxy) is 1. The molecular formula is C11H22N2O2. The van der Waals surface area contributed by atoms with Crippen LogP contribution >= 0.6 is 0 Å². The van der Waals surface area contributed by atoms with Crippen molar-refractivity contribution < 1.29 is 9.53 Å². The van der Waals surface area contributed by atoms with Crippen LogP contribution in [0.5, 0.6) is 0 Å². The normalized spacial score (nSPS) is 25.5. The van der Waals surface area contributed by atoms with Crippen molar-refractivity contribution in [1.82, 2.24) is 10.2 Å². The molecule has 1 heterocycles. The van der Waals surface area contributed by atoms with Gasteiger partial charge in [-0.1, -0.05) is 0 Å². The van der Waals surface area contributed by atoms with Crippen LogP contribution < -0.4 is 5.32 Å². The third-order valence-corrected chi connectivity index (χ3v) is 2.27. The maximum absolute atomic E-state index is 11.8. The van der Waals surface area contributed by atoms with Crippen LogP contribution in [0.25, 0.3) is 0 Å². The van der Waals surface area contributed by atoms with Crippen molar-refractivity contribution in [2.75, 3.05) is 13.1 Å². The van der Waals surface area contributed by atoms with Gasteiger partial charge in [-0.25, -0.2) is 4.79 Å². The highest BCUT2D eigenvalue weighted by Gasteiger charge is 2.33. The molecule has 0 aromatic carbocycles. The zero-order chi connectivity index (χ0) is 11.6. The smallest absolute Gasteiger partial charge is 0.317 e. The van der Waals surface area contributed by atoms with E-state index in [0.717, 1.165) is 0 Å². The van der Waals surface area contributed by atoms with Gasteiger partial charge >= 0.3 is 6.03 Å². The zero-order valence-electron chi connectivity index (χ0n) is 10.3. The minimum atomic E-state index is -0.244. The molecule has 1 aliphatic heterocycles. The van der Waals surface area contributed by atoms with Crippen molar-refractivity contribution in [3.8, 4) is 0 Å². The Morgan fingerprint density at radius 2 is 2.13 bits per heavy atom. The highest BCUT2D eigenvalue weighted by molar-refractivity contribution is 5.74. The Morgan fingerprint density at radius 3 is 2.60 bits per heavy atom. The molecule has 0 aromatic heterocycles. The first-order valence-electron chi connectivity index (χ1n) is 5.53. The topological polar surface area (TPSA) is 41.6 Å². The summed E-state index contributed by atoms with van der Waals surface area (Å²) in [4.78, 5) is 13.6. The molecule has 0 saturated carbocycles. The lowest BCUT2D eigenvalue weighted by Crippen LogP contribution is -2.56. The van der Waals surface area contributed by atoms with E-state index in [1.165, 1.54) is 0 Å². The fourth-order valence-electron chi connectivity index (χ4n) is 1.95. The lowest BCUT2D eigenvalue weighted by Gasteiger charge is -2.41. The van der Waals surface area contributed by atoms with Crippen LogP contribution in [0.15, 0.2) is 0 Å². The second kappa shape index (κ2) is 4.39. The van der Waals surface area contributed by atoms with Crippen LogP contribution in [0.1, 0.15) is 34.6 Å². The first-order chi connectivity index (χ1) is 6.80. The molecule has 1 saturated heterocycles. The van der Waals surface area contributed by atoms with Crippen LogP contribution in [0.4, 0.5) is 4.79 Å². The molecule has 0 aliphatic carbocycles. The molecule has 1 rings (SSSR count). The van der Waals surface area contributed by atoms with Crippen molar-refractivity contribution in [3.05, 3.63) is 0 Å². The number of nitrogens with zero attached hydrogens (tertiary/aromatic N) is 1. The van der Waals surface area contributed by atoms with Crippen molar-refractivity contribution >= 4 is 6.03 Å². The number of rotatable bonds is 1. The molecule has 1 N–H and O–H groups in total. The molecule has 4 heteroatoms. The summed E-state index contributed by atoms with van der Waals surface area (Å²) in [5.41, 5.74) is -0.244. The number of morpholine rings is 1. The van der Waals surface area contributed by atoms with E-state index in [9.17, 15) is 4.79 Å². The molecule has 1 fully saturated rings. The van der Waals surface area contributed by atoms with Gasteiger partial charge in [-0.05, 0) is 34.6 Å². The fourth-order valence-corrected chi connectivity index (χ4v) is 1.95. The molecule has 4 nitrogen and oxygen atoms in total. The summed E-state index contributed by atoms with van der Waals surface area (Å²) in [7, 11) is 0. The van der Waals surface area contributed by atoms with Gasteiger partial charge in [0.1, 0.15) is 0 Å². The summed E-state index contributed by atoms with van der Waals surface area (Å²) < 4.78 is 5.74. The monoisotopic (exact) mass is 214 g/mol. The standard InChI is InChI=1S/C11H22N2O2/c1-8(2)12-10(14)13-6-9(3)15-11(4,5)7-13/h8-9H,6-7H2,1-5H3,(H,12,14). The number of amides is 2. The van der Waals surface area contributed by atoms with Gasteiger partial charge in [0.25, 0.3) is 0 Å². The summed E-state index contributed by atoms with van der Waals surface area (Å²) in [5, 5.41) is 2.90. The van der Waals surface area contributed by atoms with Gasteiger partial charge in [-0.2, -0.15) is 0 Å². The predicted molar refractivity (Wildman–Crippen MR) is 59.9 cm³/mol. The van der Waals surface area contributed by atoms with E-state index in [2.05, 4.69) is 5.32 Å². The summed E-state index contributed by atoms with van der Waals surface area (Å²) in [6.45, 7) is 11.3. The van der Waals surface area contributed by atoms with Crippen molar-refractivity contribution in [2.24, 2.45) is 0 Å². The molecule has 88 valence electrons. The Labute approximate surface area is 92.0 Å². The van der Waals surface area contributed by atoms with E-state index in [4.69, 9.17) is 4.74 Å². The van der Waals surface area contributed by atoms with E-state index in [-0.39, 0.29) is 23.8 Å². The Morgan fingerprint density at radius 1 is 1.53 bits per heavy atom. The van der Waals surface area contributed by atoms with Crippen molar-refractivity contribution in [3.63, 3.8) is 0 Å². The van der Waals surface area contributed by atoms with Crippen LogP contribution in [-0.4, -0.2) is 41.8 Å². The molecule has 2 amide bonds. The number of urea groups is 1. The fraction of sp³-hybridized carbons (Fsp3) is 0.909. The quantitative estimate of drug-likeness (QED) is 0.720. The summed E-state index contributed by atoms with van der Waals surface area (Å²) in [6, 6.07) is 0.187. The Bertz CT molecular complexity index is 239. The second-order valence-corrected chi connectivity index (χ2v) is 5.17. The van der Waals surface area contributed by atoms with Gasteiger partial charge in [-0.15, -0.1) is 0 Å². The lowest BCUT2D eigenvalue weighted by atomic mass is 10.1. The third kappa shape index (κ3) is 3.70.